The minimum absolute atomic E-state index is 0.0737. The Morgan fingerprint density at radius 2 is 2.09 bits per heavy atom. The average molecular weight is 316 g/mol. The smallest absolute Gasteiger partial charge is 0.264 e. The summed E-state index contributed by atoms with van der Waals surface area (Å²) >= 11 is 1.55. The molecule has 0 saturated heterocycles. The molecule has 1 aromatic carbocycles. The van der Waals surface area contributed by atoms with Crippen LogP contribution in [0.3, 0.4) is 0 Å². The number of aryl methyl sites for hydroxylation is 3. The van der Waals surface area contributed by atoms with E-state index in [4.69, 9.17) is 4.74 Å². The van der Waals surface area contributed by atoms with Gasteiger partial charge in [0.05, 0.1) is 5.69 Å². The van der Waals surface area contributed by atoms with Gasteiger partial charge in [0.1, 0.15) is 5.75 Å². The molecule has 2 aromatic heterocycles. The number of benzene rings is 1. The highest BCUT2D eigenvalue weighted by Gasteiger charge is 2.13. The lowest BCUT2D eigenvalue weighted by Crippen LogP contribution is -2.21. The Morgan fingerprint density at radius 1 is 1.32 bits per heavy atom. The van der Waals surface area contributed by atoms with Crippen molar-refractivity contribution in [2.45, 2.75) is 20.8 Å². The number of carbonyl (C=O) groups is 1. The van der Waals surface area contributed by atoms with Crippen molar-refractivity contribution in [2.24, 2.45) is 0 Å². The Bertz CT molecular complexity index is 837. The number of amides is 1. The second kappa shape index (κ2) is 5.76. The van der Waals surface area contributed by atoms with Crippen LogP contribution in [0.25, 0.3) is 4.96 Å². The van der Waals surface area contributed by atoms with E-state index >= 15 is 0 Å². The Morgan fingerprint density at radius 3 is 2.82 bits per heavy atom. The summed E-state index contributed by atoms with van der Waals surface area (Å²) in [7, 11) is 0. The van der Waals surface area contributed by atoms with Crippen LogP contribution in [0.4, 0.5) is 5.95 Å². The maximum absolute atomic E-state index is 11.9. The predicted octanol–water partition coefficient (Wildman–Crippen LogP) is 2.73. The zero-order chi connectivity index (χ0) is 15.7. The van der Waals surface area contributed by atoms with Gasteiger partial charge in [-0.2, -0.15) is 4.98 Å². The lowest BCUT2D eigenvalue weighted by Gasteiger charge is -2.07. The van der Waals surface area contributed by atoms with Gasteiger partial charge in [0.2, 0.25) is 4.96 Å². The number of thiazole rings is 1. The quantitative estimate of drug-likeness (QED) is 0.803. The fraction of sp³-hybridized carbons (Fsp3) is 0.267. The lowest BCUT2D eigenvalue weighted by molar-refractivity contribution is -0.118. The summed E-state index contributed by atoms with van der Waals surface area (Å²) in [6.45, 7) is 5.85. The standard InChI is InChI=1S/C15H16N4O2S/c1-9-6-4-5-7-12(9)21-8-13(20)16-14-17-15-19(18-14)10(2)11(3)22-15/h4-7H,8H2,1-3H3,(H,16,18,20). The van der Waals surface area contributed by atoms with E-state index in [2.05, 4.69) is 15.4 Å². The summed E-state index contributed by atoms with van der Waals surface area (Å²) in [6, 6.07) is 7.56. The van der Waals surface area contributed by atoms with E-state index in [0.29, 0.717) is 11.7 Å². The fourth-order valence-corrected chi connectivity index (χ4v) is 2.92. The maximum atomic E-state index is 11.9. The molecule has 0 saturated carbocycles. The summed E-state index contributed by atoms with van der Waals surface area (Å²) in [6.07, 6.45) is 0. The summed E-state index contributed by atoms with van der Waals surface area (Å²) in [5.41, 5.74) is 2.02. The van der Waals surface area contributed by atoms with E-state index in [-0.39, 0.29) is 12.5 Å². The van der Waals surface area contributed by atoms with E-state index in [9.17, 15) is 4.79 Å². The fourth-order valence-electron chi connectivity index (χ4n) is 2.02. The van der Waals surface area contributed by atoms with Crippen molar-refractivity contribution in [1.82, 2.24) is 14.6 Å². The first-order chi connectivity index (χ1) is 10.5. The first kappa shape index (κ1) is 14.5. The van der Waals surface area contributed by atoms with Gasteiger partial charge in [-0.25, -0.2) is 4.52 Å². The minimum Gasteiger partial charge on any atom is -0.483 e. The number of hydrogen-bond acceptors (Lipinski definition) is 5. The summed E-state index contributed by atoms with van der Waals surface area (Å²) in [5.74, 6) is 0.714. The molecule has 1 amide bonds. The van der Waals surface area contributed by atoms with Gasteiger partial charge in [-0.3, -0.25) is 10.1 Å². The molecule has 3 rings (SSSR count). The molecule has 0 aliphatic carbocycles. The number of nitrogens with zero attached hydrogens (tertiary/aromatic N) is 3. The van der Waals surface area contributed by atoms with Crippen molar-refractivity contribution in [1.29, 1.82) is 0 Å². The van der Waals surface area contributed by atoms with Crippen molar-refractivity contribution >= 4 is 28.2 Å². The van der Waals surface area contributed by atoms with Crippen LogP contribution in [-0.2, 0) is 4.79 Å². The molecule has 0 aliphatic heterocycles. The highest BCUT2D eigenvalue weighted by Crippen LogP contribution is 2.21. The third-order valence-corrected chi connectivity index (χ3v) is 4.40. The monoisotopic (exact) mass is 316 g/mol. The number of aromatic nitrogens is 3. The van der Waals surface area contributed by atoms with E-state index < -0.39 is 0 Å². The Kier molecular flexibility index (Phi) is 3.81. The average Bonchev–Trinajstić information content (AvgIpc) is 2.98. The molecule has 1 N–H and O–H groups in total. The van der Waals surface area contributed by atoms with Gasteiger partial charge in [0, 0.05) is 4.88 Å². The number of nitrogens with one attached hydrogen (secondary N) is 1. The lowest BCUT2D eigenvalue weighted by atomic mass is 10.2. The van der Waals surface area contributed by atoms with Crippen LogP contribution in [0.2, 0.25) is 0 Å². The topological polar surface area (TPSA) is 68.5 Å². The van der Waals surface area contributed by atoms with Crippen molar-refractivity contribution < 1.29 is 9.53 Å². The van der Waals surface area contributed by atoms with Gasteiger partial charge in [0.25, 0.3) is 11.9 Å². The molecule has 22 heavy (non-hydrogen) atoms. The van der Waals surface area contributed by atoms with Crippen molar-refractivity contribution in [3.05, 3.63) is 40.4 Å². The van der Waals surface area contributed by atoms with Crippen LogP contribution >= 0.6 is 11.3 Å². The van der Waals surface area contributed by atoms with Crippen LogP contribution < -0.4 is 10.1 Å². The molecule has 0 spiro atoms. The first-order valence-corrected chi connectivity index (χ1v) is 7.67. The van der Waals surface area contributed by atoms with Gasteiger partial charge < -0.3 is 4.74 Å². The molecule has 2 heterocycles. The van der Waals surface area contributed by atoms with E-state index in [0.717, 1.165) is 21.1 Å². The number of anilines is 1. The second-order valence-electron chi connectivity index (χ2n) is 4.98. The predicted molar refractivity (Wildman–Crippen MR) is 85.6 cm³/mol. The molecule has 6 nitrogen and oxygen atoms in total. The second-order valence-corrected chi connectivity index (χ2v) is 6.16. The Balaban J connectivity index is 1.64. The van der Waals surface area contributed by atoms with E-state index in [1.54, 1.807) is 15.9 Å². The minimum atomic E-state index is -0.282. The number of carbonyl (C=O) groups excluding carboxylic acids is 1. The highest BCUT2D eigenvalue weighted by atomic mass is 32.1. The van der Waals surface area contributed by atoms with Gasteiger partial charge in [-0.1, -0.05) is 29.5 Å². The molecule has 0 unspecified atom stereocenters. The molecule has 7 heteroatoms. The number of rotatable bonds is 4. The van der Waals surface area contributed by atoms with Crippen LogP contribution in [0.1, 0.15) is 16.1 Å². The van der Waals surface area contributed by atoms with Gasteiger partial charge >= 0.3 is 0 Å². The molecule has 0 atom stereocenters. The summed E-state index contributed by atoms with van der Waals surface area (Å²) in [4.78, 5) is 18.1. The molecule has 0 fully saturated rings. The van der Waals surface area contributed by atoms with Crippen LogP contribution in [0, 0.1) is 20.8 Å². The van der Waals surface area contributed by atoms with Crippen LogP contribution in [0.5, 0.6) is 5.75 Å². The largest absolute Gasteiger partial charge is 0.483 e. The first-order valence-electron chi connectivity index (χ1n) is 6.85. The molecule has 114 valence electrons. The highest BCUT2D eigenvalue weighted by molar-refractivity contribution is 7.17. The number of fused-ring (bicyclic) bond motifs is 1. The Labute approximate surface area is 131 Å². The molecule has 3 aromatic rings. The van der Waals surface area contributed by atoms with Crippen LogP contribution in [-0.4, -0.2) is 27.1 Å². The van der Waals surface area contributed by atoms with E-state index in [1.165, 1.54) is 0 Å². The zero-order valence-electron chi connectivity index (χ0n) is 12.6. The molecule has 0 radical (unpaired) electrons. The van der Waals surface area contributed by atoms with Crippen molar-refractivity contribution in [3.8, 4) is 5.75 Å². The SMILES string of the molecule is Cc1ccccc1OCC(=O)Nc1nc2sc(C)c(C)n2n1. The Hall–Kier alpha value is -2.41. The zero-order valence-corrected chi connectivity index (χ0v) is 13.4. The number of ether oxygens (including phenoxy) is 1. The molecule has 0 bridgehead atoms. The molecular formula is C15H16N4O2S. The van der Waals surface area contributed by atoms with Gasteiger partial charge in [0.15, 0.2) is 6.61 Å². The van der Waals surface area contributed by atoms with Crippen LogP contribution in [0.15, 0.2) is 24.3 Å². The normalized spacial score (nSPS) is 10.9. The van der Waals surface area contributed by atoms with Crippen molar-refractivity contribution in [2.75, 3.05) is 11.9 Å². The third-order valence-electron chi connectivity index (χ3n) is 3.35. The summed E-state index contributed by atoms with van der Waals surface area (Å²) < 4.78 is 7.23. The third kappa shape index (κ3) is 2.80. The van der Waals surface area contributed by atoms with Gasteiger partial charge in [-0.15, -0.1) is 5.10 Å². The summed E-state index contributed by atoms with van der Waals surface area (Å²) in [5, 5.41) is 6.93. The van der Waals surface area contributed by atoms with Gasteiger partial charge in [-0.05, 0) is 32.4 Å². The number of hydrogen-bond donors (Lipinski definition) is 1. The van der Waals surface area contributed by atoms with E-state index in [1.807, 2.05) is 45.0 Å². The molecule has 0 aliphatic rings. The maximum Gasteiger partial charge on any atom is 0.264 e. The van der Waals surface area contributed by atoms with Crippen molar-refractivity contribution in [3.63, 3.8) is 0 Å². The molecular weight excluding hydrogens is 300 g/mol. The number of para-hydroxylation sites is 1.